The Morgan fingerprint density at radius 3 is 2.87 bits per heavy atom. The van der Waals surface area contributed by atoms with Gasteiger partial charge in [0.15, 0.2) is 5.65 Å². The zero-order valence-corrected chi connectivity index (χ0v) is 13.0. The van der Waals surface area contributed by atoms with Crippen molar-refractivity contribution < 1.29 is 4.52 Å². The van der Waals surface area contributed by atoms with Crippen LogP contribution in [-0.2, 0) is 0 Å². The SMILES string of the molecule is Cc1cc(C)n2ncc(-c3noc([C@@H](C)n4ccnc4)n3)c2n1. The molecule has 8 nitrogen and oxygen atoms in total. The minimum Gasteiger partial charge on any atom is -0.337 e. The molecule has 8 heteroatoms. The van der Waals surface area contributed by atoms with Crippen molar-refractivity contribution in [3.63, 3.8) is 0 Å². The highest BCUT2D eigenvalue weighted by molar-refractivity contribution is 5.72. The van der Waals surface area contributed by atoms with Gasteiger partial charge in [-0.1, -0.05) is 5.16 Å². The highest BCUT2D eigenvalue weighted by Gasteiger charge is 2.19. The average Bonchev–Trinajstić information content (AvgIpc) is 3.26. The molecule has 0 saturated heterocycles. The summed E-state index contributed by atoms with van der Waals surface area (Å²) >= 11 is 0. The van der Waals surface area contributed by atoms with Crippen LogP contribution in [0.1, 0.15) is 30.2 Å². The van der Waals surface area contributed by atoms with Gasteiger partial charge in [-0.05, 0) is 26.8 Å². The van der Waals surface area contributed by atoms with Crippen LogP contribution in [0.25, 0.3) is 17.0 Å². The molecule has 0 spiro atoms. The molecule has 0 amide bonds. The molecule has 0 saturated carbocycles. The maximum Gasteiger partial charge on any atom is 0.249 e. The Bertz CT molecular complexity index is 967. The molecule has 4 rings (SSSR count). The van der Waals surface area contributed by atoms with E-state index in [0.717, 1.165) is 22.6 Å². The summed E-state index contributed by atoms with van der Waals surface area (Å²) in [5.41, 5.74) is 3.41. The molecule has 0 radical (unpaired) electrons. The molecule has 4 heterocycles. The average molecular weight is 309 g/mol. The first-order valence-electron chi connectivity index (χ1n) is 7.27. The molecule has 0 aliphatic carbocycles. The largest absolute Gasteiger partial charge is 0.337 e. The molecule has 0 aliphatic heterocycles. The predicted molar refractivity (Wildman–Crippen MR) is 81.8 cm³/mol. The molecule has 0 fully saturated rings. The van der Waals surface area contributed by atoms with Gasteiger partial charge in [-0.25, -0.2) is 14.5 Å². The first kappa shape index (κ1) is 13.6. The second kappa shape index (κ2) is 5.01. The lowest BCUT2D eigenvalue weighted by Gasteiger charge is -2.06. The van der Waals surface area contributed by atoms with Gasteiger partial charge in [-0.15, -0.1) is 0 Å². The predicted octanol–water partition coefficient (Wildman–Crippen LogP) is 2.20. The van der Waals surface area contributed by atoms with E-state index in [4.69, 9.17) is 4.52 Å². The van der Waals surface area contributed by atoms with E-state index in [-0.39, 0.29) is 6.04 Å². The maximum atomic E-state index is 5.41. The summed E-state index contributed by atoms with van der Waals surface area (Å²) in [5.74, 6) is 1.00. The molecular weight excluding hydrogens is 294 g/mol. The van der Waals surface area contributed by atoms with Crippen LogP contribution in [0.4, 0.5) is 0 Å². The lowest BCUT2D eigenvalue weighted by molar-refractivity contribution is 0.345. The van der Waals surface area contributed by atoms with Crippen LogP contribution in [0, 0.1) is 13.8 Å². The molecular formula is C15H15N7O. The molecule has 0 aromatic carbocycles. The molecule has 1 atom stereocenters. The number of nitrogens with zero attached hydrogens (tertiary/aromatic N) is 7. The first-order valence-corrected chi connectivity index (χ1v) is 7.27. The lowest BCUT2D eigenvalue weighted by Crippen LogP contribution is -2.04. The van der Waals surface area contributed by atoms with Gasteiger partial charge < -0.3 is 9.09 Å². The van der Waals surface area contributed by atoms with Gasteiger partial charge in [0.1, 0.15) is 6.04 Å². The van der Waals surface area contributed by atoms with Crippen LogP contribution in [-0.4, -0.2) is 34.3 Å². The van der Waals surface area contributed by atoms with Crippen LogP contribution in [0.2, 0.25) is 0 Å². The van der Waals surface area contributed by atoms with E-state index in [9.17, 15) is 0 Å². The Morgan fingerprint density at radius 2 is 2.09 bits per heavy atom. The zero-order valence-electron chi connectivity index (χ0n) is 13.0. The van der Waals surface area contributed by atoms with Gasteiger partial charge in [0.05, 0.1) is 18.1 Å². The normalized spacial score (nSPS) is 12.8. The number of aryl methyl sites for hydroxylation is 2. The number of imidazole rings is 1. The summed E-state index contributed by atoms with van der Waals surface area (Å²) in [6, 6.07) is 1.89. The molecule has 4 aromatic heterocycles. The second-order valence-corrected chi connectivity index (χ2v) is 5.47. The van der Waals surface area contributed by atoms with Crippen LogP contribution < -0.4 is 0 Å². The minimum atomic E-state index is -0.0861. The van der Waals surface area contributed by atoms with Crippen molar-refractivity contribution >= 4 is 5.65 Å². The van der Waals surface area contributed by atoms with Crippen molar-refractivity contribution in [2.45, 2.75) is 26.8 Å². The summed E-state index contributed by atoms with van der Waals surface area (Å²) in [6.07, 6.45) is 7.01. The molecule has 116 valence electrons. The Kier molecular flexibility index (Phi) is 2.97. The molecule has 0 N–H and O–H groups in total. The summed E-state index contributed by atoms with van der Waals surface area (Å²) < 4.78 is 9.09. The van der Waals surface area contributed by atoms with E-state index >= 15 is 0 Å². The van der Waals surface area contributed by atoms with Gasteiger partial charge >= 0.3 is 0 Å². The van der Waals surface area contributed by atoms with Crippen molar-refractivity contribution in [3.05, 3.63) is 48.3 Å². The van der Waals surface area contributed by atoms with Gasteiger partial charge in [0, 0.05) is 23.8 Å². The number of aromatic nitrogens is 7. The van der Waals surface area contributed by atoms with Crippen molar-refractivity contribution in [1.82, 2.24) is 34.3 Å². The number of hydrogen-bond acceptors (Lipinski definition) is 6. The third-order valence-corrected chi connectivity index (χ3v) is 3.79. The van der Waals surface area contributed by atoms with Crippen LogP contribution >= 0.6 is 0 Å². The highest BCUT2D eigenvalue weighted by Crippen LogP contribution is 2.24. The number of rotatable bonds is 3. The molecule has 0 unspecified atom stereocenters. The Hall–Kier alpha value is -3.03. The third kappa shape index (κ3) is 2.19. The van der Waals surface area contributed by atoms with Gasteiger partial charge in [-0.2, -0.15) is 10.1 Å². The monoisotopic (exact) mass is 309 g/mol. The van der Waals surface area contributed by atoms with E-state index < -0.39 is 0 Å². The number of hydrogen-bond donors (Lipinski definition) is 0. The summed E-state index contributed by atoms with van der Waals surface area (Å²) in [6.45, 7) is 5.91. The topological polar surface area (TPSA) is 86.9 Å². The first-order chi connectivity index (χ1) is 11.1. The molecule has 23 heavy (non-hydrogen) atoms. The van der Waals surface area contributed by atoms with Crippen LogP contribution in [0.3, 0.4) is 0 Å². The quantitative estimate of drug-likeness (QED) is 0.576. The Balaban J connectivity index is 1.78. The van der Waals surface area contributed by atoms with E-state index in [1.54, 1.807) is 23.2 Å². The standard InChI is InChI=1S/C15H15N7O/c1-9-6-10(2)22-14(18-9)12(7-17-22)13-19-15(23-20-13)11(3)21-5-4-16-8-21/h4-8,11H,1-3H3/t11-/m1/s1. The van der Waals surface area contributed by atoms with E-state index in [1.807, 2.05) is 37.6 Å². The van der Waals surface area contributed by atoms with Gasteiger partial charge in [0.2, 0.25) is 11.7 Å². The van der Waals surface area contributed by atoms with Crippen LogP contribution in [0.5, 0.6) is 0 Å². The van der Waals surface area contributed by atoms with Crippen molar-refractivity contribution in [2.24, 2.45) is 0 Å². The lowest BCUT2D eigenvalue weighted by atomic mass is 10.3. The molecule has 0 aliphatic rings. The Morgan fingerprint density at radius 1 is 1.22 bits per heavy atom. The minimum absolute atomic E-state index is 0.0861. The fourth-order valence-corrected chi connectivity index (χ4v) is 2.57. The zero-order chi connectivity index (χ0) is 16.0. The van der Waals surface area contributed by atoms with Gasteiger partial charge in [0.25, 0.3) is 0 Å². The van der Waals surface area contributed by atoms with E-state index in [1.165, 1.54) is 0 Å². The molecule has 4 aromatic rings. The Labute approximate surface area is 131 Å². The third-order valence-electron chi connectivity index (χ3n) is 3.79. The smallest absolute Gasteiger partial charge is 0.249 e. The van der Waals surface area contributed by atoms with Crippen molar-refractivity contribution in [3.8, 4) is 11.4 Å². The summed E-state index contributed by atoms with van der Waals surface area (Å²) in [4.78, 5) is 13.1. The maximum absolute atomic E-state index is 5.41. The van der Waals surface area contributed by atoms with E-state index in [0.29, 0.717) is 11.7 Å². The van der Waals surface area contributed by atoms with Crippen molar-refractivity contribution in [2.75, 3.05) is 0 Å². The van der Waals surface area contributed by atoms with E-state index in [2.05, 4.69) is 25.2 Å². The fourth-order valence-electron chi connectivity index (χ4n) is 2.57. The summed E-state index contributed by atoms with van der Waals surface area (Å²) in [7, 11) is 0. The van der Waals surface area contributed by atoms with Crippen LogP contribution in [0.15, 0.2) is 35.5 Å². The number of fused-ring (bicyclic) bond motifs is 1. The van der Waals surface area contributed by atoms with Crippen molar-refractivity contribution in [1.29, 1.82) is 0 Å². The highest BCUT2D eigenvalue weighted by atomic mass is 16.5. The second-order valence-electron chi connectivity index (χ2n) is 5.47. The van der Waals surface area contributed by atoms with Gasteiger partial charge in [-0.3, -0.25) is 0 Å². The molecule has 0 bridgehead atoms. The summed E-state index contributed by atoms with van der Waals surface area (Å²) in [5, 5.41) is 8.44. The fraction of sp³-hybridized carbons (Fsp3) is 0.267.